The van der Waals surface area contributed by atoms with E-state index in [1.807, 2.05) is 10.9 Å². The van der Waals surface area contributed by atoms with Crippen LogP contribution in [0.15, 0.2) is 24.4 Å². The van der Waals surface area contributed by atoms with Gasteiger partial charge >= 0.3 is 0 Å². The fourth-order valence-corrected chi connectivity index (χ4v) is 1.60. The first-order chi connectivity index (χ1) is 7.22. The number of benzene rings is 1. The molecule has 1 aromatic heterocycles. The van der Waals surface area contributed by atoms with E-state index < -0.39 is 0 Å². The minimum atomic E-state index is 0.859. The molecule has 0 fully saturated rings. The van der Waals surface area contributed by atoms with Gasteiger partial charge in [-0.05, 0) is 31.9 Å². The highest BCUT2D eigenvalue weighted by atomic mass is 15.4. The van der Waals surface area contributed by atoms with Crippen molar-refractivity contribution in [1.29, 1.82) is 0 Å². The Morgan fingerprint density at radius 3 is 2.73 bits per heavy atom. The first-order valence-electron chi connectivity index (χ1n) is 5.19. The molecular formula is C12H15N3. The van der Waals surface area contributed by atoms with Crippen molar-refractivity contribution in [2.75, 3.05) is 0 Å². The molecule has 0 aliphatic heterocycles. The van der Waals surface area contributed by atoms with Gasteiger partial charge in [0.1, 0.15) is 5.69 Å². The Labute approximate surface area is 89.7 Å². The van der Waals surface area contributed by atoms with Gasteiger partial charge in [0.25, 0.3) is 0 Å². The van der Waals surface area contributed by atoms with Crippen LogP contribution in [-0.2, 0) is 6.54 Å². The molecule has 3 nitrogen and oxygen atoms in total. The quantitative estimate of drug-likeness (QED) is 0.747. The Kier molecular flexibility index (Phi) is 2.54. The summed E-state index contributed by atoms with van der Waals surface area (Å²) in [5.41, 5.74) is 4.70. The predicted octanol–water partition coefficient (Wildman–Crippen LogP) is 2.58. The van der Waals surface area contributed by atoms with Gasteiger partial charge < -0.3 is 0 Å². The third-order valence-electron chi connectivity index (χ3n) is 2.74. The van der Waals surface area contributed by atoms with Gasteiger partial charge in [0.2, 0.25) is 0 Å². The van der Waals surface area contributed by atoms with Crippen molar-refractivity contribution in [3.05, 3.63) is 35.5 Å². The van der Waals surface area contributed by atoms with Crippen LogP contribution in [0.5, 0.6) is 0 Å². The summed E-state index contributed by atoms with van der Waals surface area (Å²) in [6.45, 7) is 7.15. The molecule has 0 spiro atoms. The van der Waals surface area contributed by atoms with Gasteiger partial charge in [0.05, 0.1) is 6.20 Å². The molecule has 0 N–H and O–H groups in total. The molecule has 0 atom stereocenters. The molecule has 0 radical (unpaired) electrons. The van der Waals surface area contributed by atoms with Crippen molar-refractivity contribution in [1.82, 2.24) is 15.0 Å². The Bertz CT molecular complexity index is 471. The van der Waals surface area contributed by atoms with E-state index >= 15 is 0 Å². The normalized spacial score (nSPS) is 10.6. The second-order valence-electron chi connectivity index (χ2n) is 3.71. The van der Waals surface area contributed by atoms with E-state index in [1.165, 1.54) is 16.7 Å². The van der Waals surface area contributed by atoms with Crippen molar-refractivity contribution in [3.8, 4) is 11.3 Å². The Morgan fingerprint density at radius 1 is 1.27 bits per heavy atom. The molecular weight excluding hydrogens is 186 g/mol. The molecule has 78 valence electrons. The van der Waals surface area contributed by atoms with Crippen LogP contribution in [0, 0.1) is 13.8 Å². The van der Waals surface area contributed by atoms with Crippen molar-refractivity contribution in [3.63, 3.8) is 0 Å². The predicted molar refractivity (Wildman–Crippen MR) is 60.6 cm³/mol. The van der Waals surface area contributed by atoms with Crippen LogP contribution in [0.25, 0.3) is 11.3 Å². The van der Waals surface area contributed by atoms with Crippen molar-refractivity contribution in [2.24, 2.45) is 0 Å². The van der Waals surface area contributed by atoms with E-state index in [1.54, 1.807) is 0 Å². The molecule has 1 heterocycles. The third kappa shape index (κ3) is 1.77. The highest BCUT2D eigenvalue weighted by Gasteiger charge is 2.06. The summed E-state index contributed by atoms with van der Waals surface area (Å²) >= 11 is 0. The molecule has 0 saturated heterocycles. The van der Waals surface area contributed by atoms with Gasteiger partial charge in [0.15, 0.2) is 0 Å². The van der Waals surface area contributed by atoms with Crippen LogP contribution in [0.3, 0.4) is 0 Å². The molecule has 0 aliphatic rings. The summed E-state index contributed by atoms with van der Waals surface area (Å²) in [5, 5.41) is 8.22. The van der Waals surface area contributed by atoms with Crippen LogP contribution >= 0.6 is 0 Å². The minimum Gasteiger partial charge on any atom is -0.252 e. The molecule has 3 heteroatoms. The summed E-state index contributed by atoms with van der Waals surface area (Å²) < 4.78 is 1.84. The lowest BCUT2D eigenvalue weighted by atomic mass is 10.0. The van der Waals surface area contributed by atoms with E-state index in [0.717, 1.165) is 12.2 Å². The number of aryl methyl sites for hydroxylation is 2. The number of nitrogens with zero attached hydrogens (tertiary/aromatic N) is 3. The van der Waals surface area contributed by atoms with Crippen molar-refractivity contribution < 1.29 is 0 Å². The SMILES string of the molecule is CCn1cc(-c2cccc(C)c2C)nn1. The van der Waals surface area contributed by atoms with Crippen LogP contribution in [0.2, 0.25) is 0 Å². The first kappa shape index (κ1) is 9.90. The van der Waals surface area contributed by atoms with Gasteiger partial charge in [-0.2, -0.15) is 0 Å². The summed E-state index contributed by atoms with van der Waals surface area (Å²) in [5.74, 6) is 0. The second kappa shape index (κ2) is 3.85. The summed E-state index contributed by atoms with van der Waals surface area (Å²) in [4.78, 5) is 0. The molecule has 2 rings (SSSR count). The molecule has 0 unspecified atom stereocenters. The van der Waals surface area contributed by atoms with Gasteiger partial charge in [0, 0.05) is 12.1 Å². The smallest absolute Gasteiger partial charge is 0.113 e. The number of rotatable bonds is 2. The summed E-state index contributed by atoms with van der Waals surface area (Å²) in [6.07, 6.45) is 1.99. The molecule has 0 saturated carbocycles. The largest absolute Gasteiger partial charge is 0.252 e. The highest BCUT2D eigenvalue weighted by Crippen LogP contribution is 2.22. The molecule has 0 aliphatic carbocycles. The molecule has 0 amide bonds. The zero-order chi connectivity index (χ0) is 10.8. The van der Waals surface area contributed by atoms with Gasteiger partial charge in [-0.1, -0.05) is 23.4 Å². The van der Waals surface area contributed by atoms with E-state index in [4.69, 9.17) is 0 Å². The van der Waals surface area contributed by atoms with E-state index in [2.05, 4.69) is 49.3 Å². The Hall–Kier alpha value is -1.64. The third-order valence-corrected chi connectivity index (χ3v) is 2.74. The molecule has 1 aromatic carbocycles. The van der Waals surface area contributed by atoms with E-state index in [-0.39, 0.29) is 0 Å². The van der Waals surface area contributed by atoms with E-state index in [9.17, 15) is 0 Å². The number of hydrogen-bond acceptors (Lipinski definition) is 2. The average molecular weight is 201 g/mol. The highest BCUT2D eigenvalue weighted by molar-refractivity contribution is 5.63. The lowest BCUT2D eigenvalue weighted by Crippen LogP contribution is -1.93. The van der Waals surface area contributed by atoms with Crippen LogP contribution in [-0.4, -0.2) is 15.0 Å². The first-order valence-corrected chi connectivity index (χ1v) is 5.19. The maximum absolute atomic E-state index is 4.17. The van der Waals surface area contributed by atoms with Crippen molar-refractivity contribution in [2.45, 2.75) is 27.3 Å². The minimum absolute atomic E-state index is 0.859. The fraction of sp³-hybridized carbons (Fsp3) is 0.333. The standard InChI is InChI=1S/C12H15N3/c1-4-15-8-12(13-14-15)11-7-5-6-9(2)10(11)3/h5-8H,4H2,1-3H3. The van der Waals surface area contributed by atoms with Crippen LogP contribution < -0.4 is 0 Å². The number of aromatic nitrogens is 3. The average Bonchev–Trinajstić information content (AvgIpc) is 2.70. The van der Waals surface area contributed by atoms with Gasteiger partial charge in [-0.3, -0.25) is 4.68 Å². The summed E-state index contributed by atoms with van der Waals surface area (Å²) in [7, 11) is 0. The van der Waals surface area contributed by atoms with Crippen LogP contribution in [0.1, 0.15) is 18.1 Å². The van der Waals surface area contributed by atoms with Gasteiger partial charge in [-0.15, -0.1) is 5.10 Å². The lowest BCUT2D eigenvalue weighted by Gasteiger charge is -2.04. The maximum Gasteiger partial charge on any atom is 0.113 e. The second-order valence-corrected chi connectivity index (χ2v) is 3.71. The van der Waals surface area contributed by atoms with E-state index in [0.29, 0.717) is 0 Å². The molecule has 2 aromatic rings. The topological polar surface area (TPSA) is 30.7 Å². The zero-order valence-corrected chi connectivity index (χ0v) is 9.36. The van der Waals surface area contributed by atoms with Crippen LogP contribution in [0.4, 0.5) is 0 Å². The number of hydrogen-bond donors (Lipinski definition) is 0. The Morgan fingerprint density at radius 2 is 2.07 bits per heavy atom. The molecule has 0 bridgehead atoms. The van der Waals surface area contributed by atoms with Gasteiger partial charge in [-0.25, -0.2) is 0 Å². The lowest BCUT2D eigenvalue weighted by molar-refractivity contribution is 0.627. The monoisotopic (exact) mass is 201 g/mol. The molecule has 15 heavy (non-hydrogen) atoms. The fourth-order valence-electron chi connectivity index (χ4n) is 1.60. The van der Waals surface area contributed by atoms with Crippen molar-refractivity contribution >= 4 is 0 Å². The maximum atomic E-state index is 4.17. The summed E-state index contributed by atoms with van der Waals surface area (Å²) in [6, 6.07) is 6.26. The zero-order valence-electron chi connectivity index (χ0n) is 9.36. The Balaban J connectivity index is 2.49.